The van der Waals surface area contributed by atoms with Crippen molar-refractivity contribution in [2.24, 2.45) is 0 Å². The van der Waals surface area contributed by atoms with Gasteiger partial charge < -0.3 is 9.63 Å². The van der Waals surface area contributed by atoms with Crippen molar-refractivity contribution in [2.45, 2.75) is 13.5 Å². The molecule has 0 aliphatic carbocycles. The van der Waals surface area contributed by atoms with Crippen LogP contribution < -0.4 is 0 Å². The highest BCUT2D eigenvalue weighted by Gasteiger charge is 2.13. The van der Waals surface area contributed by atoms with Crippen molar-refractivity contribution in [3.05, 3.63) is 40.7 Å². The van der Waals surface area contributed by atoms with Gasteiger partial charge in [0.15, 0.2) is 5.76 Å². The first-order valence-corrected chi connectivity index (χ1v) is 4.92. The highest BCUT2D eigenvalue weighted by molar-refractivity contribution is 6.30. The summed E-state index contributed by atoms with van der Waals surface area (Å²) in [5.74, 6) is 0.481. The van der Waals surface area contributed by atoms with E-state index < -0.39 is 0 Å². The molecule has 0 saturated carbocycles. The molecule has 0 radical (unpaired) electrons. The van der Waals surface area contributed by atoms with Crippen molar-refractivity contribution in [1.29, 1.82) is 0 Å². The first-order chi connectivity index (χ1) is 7.22. The molecular formula is C11H10ClNO2. The fourth-order valence-corrected chi connectivity index (χ4v) is 1.64. The molecular weight excluding hydrogens is 214 g/mol. The number of aromatic nitrogens is 1. The number of aliphatic hydroxyl groups is 1. The van der Waals surface area contributed by atoms with Crippen LogP contribution >= 0.6 is 11.6 Å². The Kier molecular flexibility index (Phi) is 2.75. The van der Waals surface area contributed by atoms with Crippen LogP contribution in [0.4, 0.5) is 0 Å². The van der Waals surface area contributed by atoms with Gasteiger partial charge in [0.2, 0.25) is 0 Å². The first kappa shape index (κ1) is 10.2. The van der Waals surface area contributed by atoms with Gasteiger partial charge in [-0.25, -0.2) is 0 Å². The summed E-state index contributed by atoms with van der Waals surface area (Å²) in [4.78, 5) is 0. The molecule has 0 bridgehead atoms. The van der Waals surface area contributed by atoms with Gasteiger partial charge in [0.25, 0.3) is 0 Å². The second-order valence-corrected chi connectivity index (χ2v) is 3.67. The van der Waals surface area contributed by atoms with E-state index in [9.17, 15) is 0 Å². The molecule has 0 saturated heterocycles. The summed E-state index contributed by atoms with van der Waals surface area (Å²) in [6.45, 7) is 1.69. The molecule has 0 spiro atoms. The maximum absolute atomic E-state index is 9.09. The van der Waals surface area contributed by atoms with Gasteiger partial charge in [-0.2, -0.15) is 0 Å². The number of hydrogen-bond donors (Lipinski definition) is 1. The average molecular weight is 224 g/mol. The summed E-state index contributed by atoms with van der Waals surface area (Å²) in [5, 5.41) is 13.6. The Bertz CT molecular complexity index is 462. The van der Waals surface area contributed by atoms with Gasteiger partial charge in [-0.15, -0.1) is 0 Å². The summed E-state index contributed by atoms with van der Waals surface area (Å²) in [7, 11) is 0. The van der Waals surface area contributed by atoms with Crippen LogP contribution in [0.15, 0.2) is 28.8 Å². The maximum Gasteiger partial charge on any atom is 0.170 e. The van der Waals surface area contributed by atoms with E-state index in [1.165, 1.54) is 0 Å². The molecule has 1 aromatic heterocycles. The highest BCUT2D eigenvalue weighted by Crippen LogP contribution is 2.28. The van der Waals surface area contributed by atoms with Gasteiger partial charge in [0, 0.05) is 10.6 Å². The Morgan fingerprint density at radius 3 is 2.60 bits per heavy atom. The van der Waals surface area contributed by atoms with E-state index in [1.807, 2.05) is 19.1 Å². The summed E-state index contributed by atoms with van der Waals surface area (Å²) in [6, 6.07) is 7.34. The highest BCUT2D eigenvalue weighted by atomic mass is 35.5. The second kappa shape index (κ2) is 4.04. The maximum atomic E-state index is 9.09. The van der Waals surface area contributed by atoms with E-state index >= 15 is 0 Å². The van der Waals surface area contributed by atoms with Gasteiger partial charge in [-0.1, -0.05) is 28.9 Å². The van der Waals surface area contributed by atoms with Gasteiger partial charge in [-0.3, -0.25) is 0 Å². The molecule has 1 heterocycles. The molecule has 78 valence electrons. The van der Waals surface area contributed by atoms with Crippen LogP contribution in [0.2, 0.25) is 5.02 Å². The molecule has 1 aromatic carbocycles. The van der Waals surface area contributed by atoms with E-state index in [4.69, 9.17) is 21.2 Å². The number of aryl methyl sites for hydroxylation is 1. The predicted octanol–water partition coefficient (Wildman–Crippen LogP) is 2.80. The zero-order valence-corrected chi connectivity index (χ0v) is 8.95. The number of hydrogen-bond acceptors (Lipinski definition) is 3. The van der Waals surface area contributed by atoms with Crippen molar-refractivity contribution in [1.82, 2.24) is 5.16 Å². The van der Waals surface area contributed by atoms with Crippen molar-refractivity contribution >= 4 is 11.6 Å². The molecule has 0 fully saturated rings. The van der Waals surface area contributed by atoms with Crippen molar-refractivity contribution in [2.75, 3.05) is 0 Å². The lowest BCUT2D eigenvalue weighted by molar-refractivity contribution is 0.229. The van der Waals surface area contributed by atoms with E-state index in [0.29, 0.717) is 10.8 Å². The largest absolute Gasteiger partial charge is 0.388 e. The van der Waals surface area contributed by atoms with Gasteiger partial charge in [0.05, 0.1) is 5.69 Å². The average Bonchev–Trinajstić information content (AvgIpc) is 2.61. The first-order valence-electron chi connectivity index (χ1n) is 4.54. The second-order valence-electron chi connectivity index (χ2n) is 3.23. The van der Waals surface area contributed by atoms with E-state index in [-0.39, 0.29) is 6.61 Å². The summed E-state index contributed by atoms with van der Waals surface area (Å²) >= 11 is 5.80. The number of benzene rings is 1. The molecule has 0 aliphatic heterocycles. The smallest absolute Gasteiger partial charge is 0.170 e. The lowest BCUT2D eigenvalue weighted by Gasteiger charge is -2.00. The molecule has 0 unspecified atom stereocenters. The Hall–Kier alpha value is -1.32. The molecule has 1 N–H and O–H groups in total. The molecule has 2 aromatic rings. The number of halogens is 1. The molecule has 15 heavy (non-hydrogen) atoms. The molecule has 0 amide bonds. The van der Waals surface area contributed by atoms with E-state index in [0.717, 1.165) is 16.8 Å². The van der Waals surface area contributed by atoms with Gasteiger partial charge >= 0.3 is 0 Å². The van der Waals surface area contributed by atoms with Crippen LogP contribution in [0.1, 0.15) is 11.5 Å². The SMILES string of the molecule is Cc1noc(CO)c1-c1ccc(Cl)cc1. The Morgan fingerprint density at radius 1 is 1.33 bits per heavy atom. The third kappa shape index (κ3) is 1.89. The van der Waals surface area contributed by atoms with Crippen molar-refractivity contribution < 1.29 is 9.63 Å². The molecule has 0 atom stereocenters. The third-order valence-electron chi connectivity index (χ3n) is 2.21. The monoisotopic (exact) mass is 223 g/mol. The normalized spacial score (nSPS) is 10.6. The molecule has 0 aliphatic rings. The zero-order chi connectivity index (χ0) is 10.8. The van der Waals surface area contributed by atoms with Crippen LogP contribution in [-0.2, 0) is 6.61 Å². The Labute approximate surface area is 92.3 Å². The summed E-state index contributed by atoms with van der Waals surface area (Å²) in [6.07, 6.45) is 0. The minimum absolute atomic E-state index is 0.154. The lowest BCUT2D eigenvalue weighted by Crippen LogP contribution is -1.85. The lowest BCUT2D eigenvalue weighted by atomic mass is 10.0. The van der Waals surface area contributed by atoms with Crippen molar-refractivity contribution in [3.8, 4) is 11.1 Å². The Morgan fingerprint density at radius 2 is 2.00 bits per heavy atom. The number of aliphatic hydroxyl groups excluding tert-OH is 1. The van der Waals surface area contributed by atoms with Crippen molar-refractivity contribution in [3.63, 3.8) is 0 Å². The van der Waals surface area contributed by atoms with Crippen LogP contribution in [0, 0.1) is 6.92 Å². The topological polar surface area (TPSA) is 46.3 Å². The summed E-state index contributed by atoms with van der Waals surface area (Å²) < 4.78 is 5.00. The van der Waals surface area contributed by atoms with Crippen LogP contribution in [0.5, 0.6) is 0 Å². The van der Waals surface area contributed by atoms with Gasteiger partial charge in [-0.05, 0) is 24.6 Å². The van der Waals surface area contributed by atoms with E-state index in [1.54, 1.807) is 12.1 Å². The molecule has 3 nitrogen and oxygen atoms in total. The minimum atomic E-state index is -0.154. The predicted molar refractivity (Wildman–Crippen MR) is 57.6 cm³/mol. The van der Waals surface area contributed by atoms with Crippen LogP contribution in [0.3, 0.4) is 0 Å². The third-order valence-corrected chi connectivity index (χ3v) is 2.46. The number of rotatable bonds is 2. The quantitative estimate of drug-likeness (QED) is 0.852. The fourth-order valence-electron chi connectivity index (χ4n) is 1.51. The zero-order valence-electron chi connectivity index (χ0n) is 8.20. The number of nitrogens with zero attached hydrogens (tertiary/aromatic N) is 1. The van der Waals surface area contributed by atoms with Crippen LogP contribution in [0.25, 0.3) is 11.1 Å². The van der Waals surface area contributed by atoms with Crippen LogP contribution in [-0.4, -0.2) is 10.3 Å². The van der Waals surface area contributed by atoms with E-state index in [2.05, 4.69) is 5.16 Å². The van der Waals surface area contributed by atoms with Gasteiger partial charge in [0.1, 0.15) is 6.61 Å². The minimum Gasteiger partial charge on any atom is -0.388 e. The summed E-state index contributed by atoms with van der Waals surface area (Å²) in [5.41, 5.74) is 2.55. The molecule has 2 rings (SSSR count). The Balaban J connectivity index is 2.52. The fraction of sp³-hybridized carbons (Fsp3) is 0.182. The molecule has 4 heteroatoms. The standard InChI is InChI=1S/C11H10ClNO2/c1-7-11(10(6-14)15-13-7)8-2-4-9(12)5-3-8/h2-5,14H,6H2,1H3.